The number of aliphatic hydroxyl groups is 1. The fourth-order valence-electron chi connectivity index (χ4n) is 2.41. The van der Waals surface area contributed by atoms with Gasteiger partial charge in [0.1, 0.15) is 6.10 Å². The second kappa shape index (κ2) is 8.41. The number of carbonyl (C=O) groups excluding carboxylic acids is 1. The van der Waals surface area contributed by atoms with Gasteiger partial charge in [0.05, 0.1) is 0 Å². The fraction of sp³-hybridized carbons (Fsp3) is 0.562. The van der Waals surface area contributed by atoms with E-state index in [1.165, 1.54) is 12.5 Å². The van der Waals surface area contributed by atoms with E-state index >= 15 is 0 Å². The lowest BCUT2D eigenvalue weighted by atomic mass is 10.2. The number of piperazine rings is 1. The van der Waals surface area contributed by atoms with Gasteiger partial charge in [0.25, 0.3) is 5.91 Å². The molecule has 0 aromatic heterocycles. The van der Waals surface area contributed by atoms with Gasteiger partial charge in [-0.15, -0.1) is 0 Å². The zero-order valence-electron chi connectivity index (χ0n) is 12.6. The molecular weight excluding hydrogens is 284 g/mol. The second-order valence-corrected chi connectivity index (χ2v) is 6.49. The summed E-state index contributed by atoms with van der Waals surface area (Å²) in [5.41, 5.74) is 1.37. The minimum atomic E-state index is -0.877. The zero-order valence-corrected chi connectivity index (χ0v) is 13.4. The highest BCUT2D eigenvalue weighted by atomic mass is 32.2. The van der Waals surface area contributed by atoms with Gasteiger partial charge in [0.2, 0.25) is 0 Å². The first-order chi connectivity index (χ1) is 10.2. The van der Waals surface area contributed by atoms with Crippen LogP contribution < -0.4 is 0 Å². The van der Waals surface area contributed by atoms with Crippen LogP contribution in [0.1, 0.15) is 12.5 Å². The van der Waals surface area contributed by atoms with E-state index in [0.29, 0.717) is 0 Å². The van der Waals surface area contributed by atoms with E-state index in [1.54, 1.807) is 4.90 Å². The molecule has 4 nitrogen and oxygen atoms in total. The first-order valence-corrected chi connectivity index (χ1v) is 8.63. The van der Waals surface area contributed by atoms with Gasteiger partial charge < -0.3 is 10.0 Å². The quantitative estimate of drug-likeness (QED) is 0.808. The van der Waals surface area contributed by atoms with Crippen molar-refractivity contribution in [3.8, 4) is 0 Å². The largest absolute Gasteiger partial charge is 0.384 e. The summed E-state index contributed by atoms with van der Waals surface area (Å²) in [6.07, 6.45) is -0.877. The van der Waals surface area contributed by atoms with E-state index in [2.05, 4.69) is 29.2 Å². The Morgan fingerprint density at radius 3 is 2.52 bits per heavy atom. The lowest BCUT2D eigenvalue weighted by Crippen LogP contribution is -2.51. The Hall–Kier alpha value is -1.04. The summed E-state index contributed by atoms with van der Waals surface area (Å²) in [6, 6.07) is 10.5. The number of hydrogen-bond acceptors (Lipinski definition) is 4. The Morgan fingerprint density at radius 1 is 1.24 bits per heavy atom. The number of benzene rings is 1. The van der Waals surface area contributed by atoms with Gasteiger partial charge in [-0.05, 0) is 12.5 Å². The first-order valence-electron chi connectivity index (χ1n) is 7.47. The molecule has 1 amide bonds. The van der Waals surface area contributed by atoms with Gasteiger partial charge in [-0.1, -0.05) is 30.3 Å². The second-order valence-electron chi connectivity index (χ2n) is 5.38. The van der Waals surface area contributed by atoms with Crippen molar-refractivity contribution in [2.24, 2.45) is 0 Å². The van der Waals surface area contributed by atoms with E-state index in [0.717, 1.165) is 44.2 Å². The SMILES string of the molecule is C[C@@H](O)C(=O)N1CCN(CCSCc2ccccc2)CC1. The molecule has 0 bridgehead atoms. The Balaban J connectivity index is 1.60. The minimum Gasteiger partial charge on any atom is -0.384 e. The summed E-state index contributed by atoms with van der Waals surface area (Å²) in [4.78, 5) is 15.8. The molecule has 1 fully saturated rings. The number of aliphatic hydroxyl groups excluding tert-OH is 1. The molecule has 116 valence electrons. The van der Waals surface area contributed by atoms with E-state index in [1.807, 2.05) is 17.8 Å². The van der Waals surface area contributed by atoms with Crippen LogP contribution in [0.15, 0.2) is 30.3 Å². The molecule has 0 spiro atoms. The summed E-state index contributed by atoms with van der Waals surface area (Å²) in [5, 5.41) is 9.31. The lowest BCUT2D eigenvalue weighted by Gasteiger charge is -2.35. The standard InChI is InChI=1S/C16H24N2O2S/c1-14(19)16(20)18-9-7-17(8-10-18)11-12-21-13-15-5-3-2-4-6-15/h2-6,14,19H,7-13H2,1H3/t14-/m1/s1. The number of nitrogens with zero attached hydrogens (tertiary/aromatic N) is 2. The van der Waals surface area contributed by atoms with Crippen LogP contribution in [0.2, 0.25) is 0 Å². The molecule has 1 saturated heterocycles. The van der Waals surface area contributed by atoms with Crippen LogP contribution in [0, 0.1) is 0 Å². The number of hydrogen-bond donors (Lipinski definition) is 1. The fourth-order valence-corrected chi connectivity index (χ4v) is 3.37. The predicted molar refractivity (Wildman–Crippen MR) is 87.3 cm³/mol. The molecule has 0 radical (unpaired) electrons. The van der Waals surface area contributed by atoms with Gasteiger partial charge >= 0.3 is 0 Å². The molecule has 0 unspecified atom stereocenters. The van der Waals surface area contributed by atoms with E-state index in [9.17, 15) is 9.90 Å². The Bertz CT molecular complexity index is 431. The summed E-state index contributed by atoms with van der Waals surface area (Å²) in [7, 11) is 0. The molecule has 1 aliphatic heterocycles. The molecule has 5 heteroatoms. The van der Waals surface area contributed by atoms with Gasteiger partial charge in [0, 0.05) is 44.2 Å². The average molecular weight is 308 g/mol. The normalized spacial score (nSPS) is 17.7. The van der Waals surface area contributed by atoms with Crippen LogP contribution in [0.4, 0.5) is 0 Å². The van der Waals surface area contributed by atoms with Crippen LogP contribution in [0.5, 0.6) is 0 Å². The van der Waals surface area contributed by atoms with E-state index < -0.39 is 6.10 Å². The lowest BCUT2D eigenvalue weighted by molar-refractivity contribution is -0.141. The molecule has 1 aromatic rings. The molecule has 1 aliphatic rings. The zero-order chi connectivity index (χ0) is 15.1. The highest BCUT2D eigenvalue weighted by Gasteiger charge is 2.23. The smallest absolute Gasteiger partial charge is 0.251 e. The molecule has 0 aliphatic carbocycles. The van der Waals surface area contributed by atoms with Crippen molar-refractivity contribution in [2.45, 2.75) is 18.8 Å². The van der Waals surface area contributed by atoms with Crippen molar-refractivity contribution < 1.29 is 9.90 Å². The highest BCUT2D eigenvalue weighted by molar-refractivity contribution is 7.98. The first kappa shape index (κ1) is 16.3. The summed E-state index contributed by atoms with van der Waals surface area (Å²) >= 11 is 1.95. The molecule has 1 heterocycles. The molecule has 1 atom stereocenters. The third-order valence-corrected chi connectivity index (χ3v) is 4.71. The molecule has 2 rings (SSSR count). The molecule has 1 N–H and O–H groups in total. The third kappa shape index (κ3) is 5.34. The maximum absolute atomic E-state index is 11.7. The Morgan fingerprint density at radius 2 is 1.90 bits per heavy atom. The van der Waals surface area contributed by atoms with Crippen molar-refractivity contribution >= 4 is 17.7 Å². The Labute approximate surface area is 131 Å². The maximum atomic E-state index is 11.7. The topological polar surface area (TPSA) is 43.8 Å². The molecular formula is C16H24N2O2S. The van der Waals surface area contributed by atoms with Crippen molar-refractivity contribution in [3.63, 3.8) is 0 Å². The highest BCUT2D eigenvalue weighted by Crippen LogP contribution is 2.12. The predicted octanol–water partition coefficient (Wildman–Crippen LogP) is 1.44. The number of carbonyl (C=O) groups is 1. The van der Waals surface area contributed by atoms with Crippen molar-refractivity contribution in [1.82, 2.24) is 9.80 Å². The number of thioether (sulfide) groups is 1. The van der Waals surface area contributed by atoms with Crippen molar-refractivity contribution in [2.75, 3.05) is 38.5 Å². The molecule has 0 saturated carbocycles. The van der Waals surface area contributed by atoms with Gasteiger partial charge in [-0.25, -0.2) is 0 Å². The van der Waals surface area contributed by atoms with Gasteiger partial charge in [-0.2, -0.15) is 11.8 Å². The van der Waals surface area contributed by atoms with Gasteiger partial charge in [0.15, 0.2) is 0 Å². The maximum Gasteiger partial charge on any atom is 0.251 e. The summed E-state index contributed by atoms with van der Waals surface area (Å²) in [5.74, 6) is 2.02. The molecule has 21 heavy (non-hydrogen) atoms. The average Bonchev–Trinajstić information content (AvgIpc) is 2.52. The summed E-state index contributed by atoms with van der Waals surface area (Å²) < 4.78 is 0. The van der Waals surface area contributed by atoms with Crippen molar-refractivity contribution in [3.05, 3.63) is 35.9 Å². The van der Waals surface area contributed by atoms with E-state index in [-0.39, 0.29) is 5.91 Å². The third-order valence-electron chi connectivity index (χ3n) is 3.70. The Kier molecular flexibility index (Phi) is 6.54. The van der Waals surface area contributed by atoms with Crippen LogP contribution in [-0.2, 0) is 10.5 Å². The monoisotopic (exact) mass is 308 g/mol. The van der Waals surface area contributed by atoms with Crippen LogP contribution in [0.3, 0.4) is 0 Å². The van der Waals surface area contributed by atoms with Crippen LogP contribution >= 0.6 is 11.8 Å². The minimum absolute atomic E-state index is 0.145. The van der Waals surface area contributed by atoms with Gasteiger partial charge in [-0.3, -0.25) is 9.69 Å². The van der Waals surface area contributed by atoms with Crippen molar-refractivity contribution in [1.29, 1.82) is 0 Å². The van der Waals surface area contributed by atoms with E-state index in [4.69, 9.17) is 0 Å². The molecule has 1 aromatic carbocycles. The van der Waals surface area contributed by atoms with Crippen LogP contribution in [-0.4, -0.2) is 65.4 Å². The van der Waals surface area contributed by atoms with Crippen LogP contribution in [0.25, 0.3) is 0 Å². The number of rotatable bonds is 6. The number of amides is 1. The summed E-state index contributed by atoms with van der Waals surface area (Å²) in [6.45, 7) is 5.87.